The van der Waals surface area contributed by atoms with E-state index < -0.39 is 11.1 Å². The van der Waals surface area contributed by atoms with Gasteiger partial charge in [0.15, 0.2) is 0 Å². The van der Waals surface area contributed by atoms with Crippen LogP contribution in [0.15, 0.2) is 0 Å². The molecule has 1 fully saturated rings. The number of nitrogens with two attached hydrogens (primary N) is 1. The Morgan fingerprint density at radius 2 is 2.20 bits per heavy atom. The molecule has 15 heavy (non-hydrogen) atoms. The summed E-state index contributed by atoms with van der Waals surface area (Å²) >= 11 is 0. The summed E-state index contributed by atoms with van der Waals surface area (Å²) in [4.78, 5) is 11.9. The maximum atomic E-state index is 11.9. The molecule has 0 aromatic heterocycles. The van der Waals surface area contributed by atoms with Crippen molar-refractivity contribution in [1.82, 2.24) is 0 Å². The molecule has 0 saturated heterocycles. The third-order valence-corrected chi connectivity index (χ3v) is 2.87. The molecule has 0 amide bonds. The number of carbonyl (C=O) groups excluding carboxylic acids is 1. The average Bonchev–Trinajstić information content (AvgIpc) is 2.45. The molecule has 0 spiro atoms. The quantitative estimate of drug-likeness (QED) is 0.669. The van der Waals surface area contributed by atoms with Gasteiger partial charge in [0.2, 0.25) is 0 Å². The van der Waals surface area contributed by atoms with Gasteiger partial charge < -0.3 is 15.6 Å². The summed E-state index contributed by atoms with van der Waals surface area (Å²) < 4.78 is 5.28. The molecular formula is C11H21NO3. The Morgan fingerprint density at radius 3 is 2.67 bits per heavy atom. The molecule has 3 N–H and O–H groups in total. The first-order valence-corrected chi connectivity index (χ1v) is 5.43. The summed E-state index contributed by atoms with van der Waals surface area (Å²) in [5.41, 5.74) is 4.52. The molecule has 1 rings (SSSR count). The highest BCUT2D eigenvalue weighted by molar-refractivity contribution is 5.81. The fraction of sp³-hybridized carbons (Fsp3) is 0.909. The zero-order chi connectivity index (χ0) is 11.7. The van der Waals surface area contributed by atoms with E-state index in [1.54, 1.807) is 0 Å². The molecule has 2 unspecified atom stereocenters. The Kier molecular flexibility index (Phi) is 3.41. The van der Waals surface area contributed by atoms with E-state index in [-0.39, 0.29) is 18.5 Å². The lowest BCUT2D eigenvalue weighted by atomic mass is 9.88. The first-order chi connectivity index (χ1) is 6.79. The van der Waals surface area contributed by atoms with Crippen LogP contribution in [0.4, 0.5) is 0 Å². The van der Waals surface area contributed by atoms with Gasteiger partial charge in [-0.15, -0.1) is 0 Å². The zero-order valence-electron chi connectivity index (χ0n) is 9.75. The van der Waals surface area contributed by atoms with Gasteiger partial charge in [0.25, 0.3) is 0 Å². The van der Waals surface area contributed by atoms with Crippen LogP contribution in [0.5, 0.6) is 0 Å². The Morgan fingerprint density at radius 1 is 1.60 bits per heavy atom. The van der Waals surface area contributed by atoms with Crippen molar-refractivity contribution in [3.05, 3.63) is 0 Å². The molecule has 1 aliphatic carbocycles. The summed E-state index contributed by atoms with van der Waals surface area (Å²) in [6.45, 7) is 5.40. The van der Waals surface area contributed by atoms with Crippen LogP contribution in [0.2, 0.25) is 0 Å². The minimum atomic E-state index is -0.984. The van der Waals surface area contributed by atoms with Crippen molar-refractivity contribution in [3.8, 4) is 0 Å². The molecule has 4 nitrogen and oxygen atoms in total. The van der Waals surface area contributed by atoms with Crippen LogP contribution in [0.1, 0.15) is 40.0 Å². The molecule has 0 aromatic carbocycles. The normalized spacial score (nSPS) is 31.7. The number of aliphatic hydroxyl groups excluding tert-OH is 1. The lowest BCUT2D eigenvalue weighted by molar-refractivity contribution is -0.163. The predicted octanol–water partition coefficient (Wildman–Crippen LogP) is 0.818. The summed E-state index contributed by atoms with van der Waals surface area (Å²) in [7, 11) is 0. The molecule has 0 aromatic rings. The molecule has 2 atom stereocenters. The maximum Gasteiger partial charge on any atom is 0.327 e. The van der Waals surface area contributed by atoms with E-state index in [1.165, 1.54) is 0 Å². The van der Waals surface area contributed by atoms with Crippen LogP contribution in [0.3, 0.4) is 0 Å². The molecule has 0 aliphatic heterocycles. The van der Waals surface area contributed by atoms with Crippen LogP contribution < -0.4 is 5.73 Å². The van der Waals surface area contributed by atoms with Gasteiger partial charge in [0, 0.05) is 12.5 Å². The van der Waals surface area contributed by atoms with Crippen LogP contribution in [-0.4, -0.2) is 28.8 Å². The Bertz CT molecular complexity index is 247. The number of carbonyl (C=O) groups is 1. The second kappa shape index (κ2) is 4.10. The van der Waals surface area contributed by atoms with Gasteiger partial charge in [-0.1, -0.05) is 6.42 Å². The number of aliphatic hydroxyl groups is 1. The van der Waals surface area contributed by atoms with E-state index in [0.29, 0.717) is 6.42 Å². The predicted molar refractivity (Wildman–Crippen MR) is 57.2 cm³/mol. The van der Waals surface area contributed by atoms with Gasteiger partial charge in [-0.3, -0.25) is 4.79 Å². The van der Waals surface area contributed by atoms with E-state index in [9.17, 15) is 4.79 Å². The van der Waals surface area contributed by atoms with Crippen molar-refractivity contribution in [1.29, 1.82) is 0 Å². The van der Waals surface area contributed by atoms with Crippen molar-refractivity contribution in [2.24, 2.45) is 11.7 Å². The second-order valence-corrected chi connectivity index (χ2v) is 5.31. The molecule has 88 valence electrons. The largest absolute Gasteiger partial charge is 0.459 e. The fourth-order valence-electron chi connectivity index (χ4n) is 2.00. The summed E-state index contributed by atoms with van der Waals surface area (Å²) in [6.07, 6.45) is 2.28. The van der Waals surface area contributed by atoms with E-state index in [2.05, 4.69) is 0 Å². The Balaban J connectivity index is 2.73. The molecule has 1 aliphatic rings. The SMILES string of the molecule is CC(C)(C)OC(=O)C1(N)CCCC1CO. The molecule has 0 heterocycles. The van der Waals surface area contributed by atoms with Crippen LogP contribution in [0.25, 0.3) is 0 Å². The minimum Gasteiger partial charge on any atom is -0.459 e. The zero-order valence-corrected chi connectivity index (χ0v) is 9.75. The van der Waals surface area contributed by atoms with Gasteiger partial charge in [-0.25, -0.2) is 0 Å². The maximum absolute atomic E-state index is 11.9. The number of esters is 1. The van der Waals surface area contributed by atoms with Crippen molar-refractivity contribution < 1.29 is 14.6 Å². The molecule has 1 saturated carbocycles. The monoisotopic (exact) mass is 215 g/mol. The Labute approximate surface area is 90.8 Å². The van der Waals surface area contributed by atoms with E-state index in [1.807, 2.05) is 20.8 Å². The lowest BCUT2D eigenvalue weighted by Crippen LogP contribution is -2.54. The summed E-state index contributed by atoms with van der Waals surface area (Å²) in [5, 5.41) is 9.16. The highest BCUT2D eigenvalue weighted by atomic mass is 16.6. The molecule has 0 bridgehead atoms. The number of rotatable bonds is 2. The number of hydrogen-bond acceptors (Lipinski definition) is 4. The van der Waals surface area contributed by atoms with Crippen molar-refractivity contribution in [2.75, 3.05) is 6.61 Å². The van der Waals surface area contributed by atoms with Crippen LogP contribution in [0, 0.1) is 5.92 Å². The summed E-state index contributed by atoms with van der Waals surface area (Å²) in [5.74, 6) is -0.543. The van der Waals surface area contributed by atoms with Crippen molar-refractivity contribution >= 4 is 5.97 Å². The lowest BCUT2D eigenvalue weighted by Gasteiger charge is -2.31. The second-order valence-electron chi connectivity index (χ2n) is 5.31. The van der Waals surface area contributed by atoms with Crippen LogP contribution in [-0.2, 0) is 9.53 Å². The molecule has 0 radical (unpaired) electrons. The topological polar surface area (TPSA) is 72.5 Å². The average molecular weight is 215 g/mol. The van der Waals surface area contributed by atoms with Gasteiger partial charge in [0.1, 0.15) is 11.1 Å². The van der Waals surface area contributed by atoms with Gasteiger partial charge in [-0.05, 0) is 33.6 Å². The molecular weight excluding hydrogens is 194 g/mol. The van der Waals surface area contributed by atoms with Crippen molar-refractivity contribution in [3.63, 3.8) is 0 Å². The van der Waals surface area contributed by atoms with E-state index in [0.717, 1.165) is 12.8 Å². The first kappa shape index (κ1) is 12.5. The number of ether oxygens (including phenoxy) is 1. The standard InChI is InChI=1S/C11H21NO3/c1-10(2,3)15-9(14)11(12)6-4-5-8(11)7-13/h8,13H,4-7,12H2,1-3H3. The highest BCUT2D eigenvalue weighted by Crippen LogP contribution is 2.35. The van der Waals surface area contributed by atoms with Gasteiger partial charge in [-0.2, -0.15) is 0 Å². The third kappa shape index (κ3) is 2.69. The minimum absolute atomic E-state index is 0.0459. The third-order valence-electron chi connectivity index (χ3n) is 2.87. The first-order valence-electron chi connectivity index (χ1n) is 5.43. The summed E-state index contributed by atoms with van der Waals surface area (Å²) in [6, 6.07) is 0. The Hall–Kier alpha value is -0.610. The van der Waals surface area contributed by atoms with Gasteiger partial charge in [0.05, 0.1) is 0 Å². The smallest absolute Gasteiger partial charge is 0.327 e. The highest BCUT2D eigenvalue weighted by Gasteiger charge is 2.47. The van der Waals surface area contributed by atoms with Crippen molar-refractivity contribution in [2.45, 2.75) is 51.2 Å². The van der Waals surface area contributed by atoms with E-state index in [4.69, 9.17) is 15.6 Å². The van der Waals surface area contributed by atoms with E-state index >= 15 is 0 Å². The molecule has 4 heteroatoms. The fourth-order valence-corrected chi connectivity index (χ4v) is 2.00. The van der Waals surface area contributed by atoms with Gasteiger partial charge >= 0.3 is 5.97 Å². The van der Waals surface area contributed by atoms with Crippen LogP contribution >= 0.6 is 0 Å². The number of hydrogen-bond donors (Lipinski definition) is 2.